The average molecular weight is 1600 g/mol. The van der Waals surface area contributed by atoms with E-state index in [-0.39, 0.29) is 85.3 Å². The molecule has 3 unspecified atom stereocenters. The number of phenols is 4. The van der Waals surface area contributed by atoms with E-state index in [0.29, 0.717) is 134 Å². The molecule has 8 bridgehead atoms. The van der Waals surface area contributed by atoms with Crippen molar-refractivity contribution in [2.75, 3.05) is 93.3 Å². The predicted octanol–water partition coefficient (Wildman–Crippen LogP) is 9.13. The van der Waals surface area contributed by atoms with Gasteiger partial charge >= 0.3 is 23.9 Å². The van der Waals surface area contributed by atoms with E-state index in [2.05, 4.69) is 37.1 Å². The maximum Gasteiger partial charge on any atom is 0.375 e. The van der Waals surface area contributed by atoms with Crippen LogP contribution < -0.4 is 58.8 Å². The first-order valence-electron chi connectivity index (χ1n) is 36.3. The molecule has 4 saturated heterocycles. The Bertz CT molecular complexity index is 5000. The van der Waals surface area contributed by atoms with E-state index in [0.717, 1.165) is 39.8 Å². The standard InChI is InChI=1S/C40H42N4O10S.C31H31N3O9S.C9H11ClO2.H3N/c1-17-9-21-10-23-24(13-41)44-25-14-51-39(48)40(22-12-27(49-5)26(46)11-20(22)7-8-42-40)15-55-38(32(44)31(43(23)4)28(21)33(47)34(17)50-6)30-29(25)37-36(52-16-53-37)18(2)35(30)54-19(3)45;1-12-6-15-7-16-17(8-32)34-18-9-40-31(38)19(36)10-44-30(24(34)23(33(16)4)20(15)25(37)26(12)39-5)22-21(18)29-28(41-11-42-29)13(2)27(22)43-14(3)35;1-12-9-3-2-7(4-5-10)6-8(9)11;/h9,11-12,23-25,31-32,38,42,46-47H,7-8,10,14-16H2,1-6H3;6,16-18,23-24,30,37H,7,9-11H2,1-5H3;2-3,6,11H,4-5H2,1H3;1H3/t23-,24-,25-,31+,32+,38?,40?;16-,17-,18-,23+,24+,30?;;/m00../s1. The Morgan fingerprint density at radius 1 is 0.616 bits per heavy atom. The molecule has 8 N–H and O–H groups in total. The van der Waals surface area contributed by atoms with Crippen LogP contribution >= 0.6 is 35.1 Å². The molecule has 0 aromatic heterocycles. The van der Waals surface area contributed by atoms with E-state index in [4.69, 9.17) is 68.4 Å². The molecule has 29 nitrogen and oxygen atoms in total. The number of methoxy groups -OCH3 is 4. The molecule has 13 atom stereocenters. The lowest BCUT2D eigenvalue weighted by Gasteiger charge is -2.62. The van der Waals surface area contributed by atoms with Crippen LogP contribution in [0, 0.1) is 50.4 Å². The number of halogens is 1. The Labute approximate surface area is 659 Å². The lowest BCUT2D eigenvalue weighted by Crippen LogP contribution is -2.69. The second-order valence-corrected chi connectivity index (χ2v) is 31.9. The number of ketones is 1. The highest BCUT2D eigenvalue weighted by molar-refractivity contribution is 8.00. The van der Waals surface area contributed by atoms with E-state index in [9.17, 15) is 54.9 Å². The topological polar surface area (TPSA) is 385 Å². The number of nitrogens with zero attached hydrogens (tertiary/aromatic N) is 6. The van der Waals surface area contributed by atoms with Gasteiger partial charge in [0.25, 0.3) is 0 Å². The van der Waals surface area contributed by atoms with Gasteiger partial charge in [0.2, 0.25) is 19.4 Å². The number of aromatic hydroxyl groups is 4. The number of Topliss-reactive ketones (excluding diaryl/α,β-unsaturated/α-hetero) is 1. The molecule has 592 valence electrons. The summed E-state index contributed by atoms with van der Waals surface area (Å²) in [6.45, 7) is 9.93. The minimum absolute atomic E-state index is 0. The number of cyclic esters (lactones) is 1. The van der Waals surface area contributed by atoms with Crippen molar-refractivity contribution >= 4 is 64.8 Å². The SMILES string of the molecule is COc1c(C)cc2c(c1O)[C@@H]1[C@@H]3C4SCC(=O)C(=O)OC[C@@H](c5c6c(c(C)c(OC(C)=O)c54)OCO6)N3[C@@H](C#N)[C@H](C2)N1C.COc1cc2c(cc1O)CCNC21CSC2c3c(OC(C)=O)c(C)c4c(c3[C@H](COC1=O)N1[C@@H](C#N)[C@@H]3Cc5cc(C)c(OC)c(O)c5[C@H]([C@H]21)N3C)OCO4.COc1ccc(CCCl)cc1O.N. The van der Waals surface area contributed by atoms with Crippen molar-refractivity contribution in [3.8, 4) is 92.6 Å². The summed E-state index contributed by atoms with van der Waals surface area (Å²) in [6, 6.07) is 12.4. The van der Waals surface area contributed by atoms with Crippen molar-refractivity contribution in [2.24, 2.45) is 0 Å². The number of piperazine rings is 2. The number of likely N-dealkylation sites (N-methyl/N-ethyl adjacent to an activating group) is 2. The number of aryl methyl sites for hydroxylation is 3. The number of esters is 4. The van der Waals surface area contributed by atoms with E-state index in [1.54, 1.807) is 31.2 Å². The number of benzene rings is 6. The minimum atomic E-state index is -1.36. The van der Waals surface area contributed by atoms with Crippen molar-refractivity contribution < 1.29 is 101 Å². The first kappa shape index (κ1) is 78.9. The highest BCUT2D eigenvalue weighted by Crippen LogP contribution is 2.67. The van der Waals surface area contributed by atoms with E-state index in [1.165, 1.54) is 65.8 Å². The van der Waals surface area contributed by atoms with Crippen LogP contribution in [0.15, 0.2) is 42.5 Å². The monoisotopic (exact) mass is 1590 g/mol. The van der Waals surface area contributed by atoms with Crippen LogP contribution in [0.5, 0.6) is 80.5 Å². The van der Waals surface area contributed by atoms with Crippen molar-refractivity contribution in [2.45, 2.75) is 144 Å². The third-order valence-electron chi connectivity index (χ3n) is 23.6. The summed E-state index contributed by atoms with van der Waals surface area (Å²) in [7, 11) is 9.96. The fourth-order valence-electron chi connectivity index (χ4n) is 19.1. The summed E-state index contributed by atoms with van der Waals surface area (Å²) in [5.74, 6) is 1.34. The molecule has 18 rings (SSSR count). The van der Waals surface area contributed by atoms with Gasteiger partial charge in [0.1, 0.15) is 36.8 Å². The van der Waals surface area contributed by atoms with Crippen molar-refractivity contribution in [1.82, 2.24) is 31.1 Å². The van der Waals surface area contributed by atoms with Crippen LogP contribution in [0.1, 0.15) is 132 Å². The van der Waals surface area contributed by atoms with E-state index < -0.39 is 94.0 Å². The number of nitrogens with one attached hydrogen (secondary N) is 1. The van der Waals surface area contributed by atoms with Gasteiger partial charge in [-0.1, -0.05) is 18.2 Å². The van der Waals surface area contributed by atoms with Gasteiger partial charge in [-0.25, -0.2) is 9.59 Å². The molecule has 0 saturated carbocycles. The van der Waals surface area contributed by atoms with Gasteiger partial charge < -0.3 is 83.4 Å². The zero-order chi connectivity index (χ0) is 78.8. The third-order valence-corrected chi connectivity index (χ3v) is 26.6. The normalized spacial score (nSPS) is 26.5. The van der Waals surface area contributed by atoms with E-state index in [1.807, 2.05) is 53.1 Å². The summed E-state index contributed by atoms with van der Waals surface area (Å²) in [5.41, 5.74) is 9.59. The Hall–Kier alpha value is -9.80. The number of nitriles is 2. The molecule has 32 heteroatoms. The molecule has 4 fully saturated rings. The fourth-order valence-corrected chi connectivity index (χ4v) is 22.3. The molecule has 112 heavy (non-hydrogen) atoms. The van der Waals surface area contributed by atoms with Crippen molar-refractivity contribution in [3.63, 3.8) is 0 Å². The van der Waals surface area contributed by atoms with Gasteiger partial charge in [-0.2, -0.15) is 10.5 Å². The predicted molar refractivity (Wildman–Crippen MR) is 407 cm³/mol. The number of carbonyl (C=O) groups excluding carboxylic acids is 5. The van der Waals surface area contributed by atoms with Crippen molar-refractivity contribution in [1.29, 1.82) is 10.5 Å². The fraction of sp³-hybridized carbons (Fsp3) is 0.463. The maximum atomic E-state index is 14.7. The smallest absolute Gasteiger partial charge is 0.375 e. The number of rotatable bonds is 8. The van der Waals surface area contributed by atoms with E-state index >= 15 is 0 Å². The van der Waals surface area contributed by atoms with Gasteiger partial charge in [0, 0.05) is 101 Å². The van der Waals surface area contributed by atoms with Gasteiger partial charge in [0.05, 0.1) is 81.0 Å². The largest absolute Gasteiger partial charge is 0.504 e. The molecule has 1 spiro atoms. The summed E-state index contributed by atoms with van der Waals surface area (Å²) in [6.07, 6.45) is 2.30. The Kier molecular flexibility index (Phi) is 21.6. The summed E-state index contributed by atoms with van der Waals surface area (Å²) in [4.78, 5) is 74.4. The minimum Gasteiger partial charge on any atom is -0.504 e. The third kappa shape index (κ3) is 12.4. The van der Waals surface area contributed by atoms with Gasteiger partial charge in [-0.05, 0) is 131 Å². The number of phenolic OH excluding ortho intramolecular Hbond substituents is 4. The molecule has 0 radical (unpaired) electrons. The number of hydrogen-bond donors (Lipinski definition) is 6. The van der Waals surface area contributed by atoms with Gasteiger partial charge in [0.15, 0.2) is 74.5 Å². The Balaban J connectivity index is 0.000000163. The van der Waals surface area contributed by atoms with Crippen LogP contribution in [0.25, 0.3) is 0 Å². The number of thioether (sulfide) groups is 2. The number of hydrogen-bond acceptors (Lipinski definition) is 31. The lowest BCUT2D eigenvalue weighted by atomic mass is 9.71. The number of alkyl halides is 1. The molecular formula is C80H87ClN8O21S2. The molecule has 12 aliphatic rings. The van der Waals surface area contributed by atoms with Crippen molar-refractivity contribution in [3.05, 3.63) is 126 Å². The van der Waals surface area contributed by atoms with Crippen LogP contribution in [0.4, 0.5) is 0 Å². The van der Waals surface area contributed by atoms with Crippen LogP contribution in [0.3, 0.4) is 0 Å². The van der Waals surface area contributed by atoms with Gasteiger partial charge in [-0.3, -0.25) is 39.3 Å². The highest BCUT2D eigenvalue weighted by atomic mass is 35.5. The second-order valence-electron chi connectivity index (χ2n) is 29.3. The quantitative estimate of drug-likeness (QED) is 0.0358. The zero-order valence-corrected chi connectivity index (χ0v) is 66.2. The maximum absolute atomic E-state index is 14.7. The molecule has 6 aromatic rings. The lowest BCUT2D eigenvalue weighted by molar-refractivity contribution is -0.157. The molecule has 0 amide bonds. The van der Waals surface area contributed by atoms with Crippen LogP contribution in [-0.4, -0.2) is 199 Å². The Morgan fingerprint density at radius 2 is 1.11 bits per heavy atom. The molecule has 0 aliphatic carbocycles. The van der Waals surface area contributed by atoms with Crippen LogP contribution in [-0.2, 0) is 64.7 Å². The highest BCUT2D eigenvalue weighted by Gasteiger charge is 2.64. The first-order valence-corrected chi connectivity index (χ1v) is 39.0. The second kappa shape index (κ2) is 30.6. The Morgan fingerprint density at radius 3 is 1.58 bits per heavy atom. The molecule has 12 heterocycles. The zero-order valence-electron chi connectivity index (χ0n) is 63.8. The summed E-state index contributed by atoms with van der Waals surface area (Å²) >= 11 is 8.25. The summed E-state index contributed by atoms with van der Waals surface area (Å²) < 4.78 is 70.0. The first-order chi connectivity index (χ1) is 53.3. The number of fused-ring (bicyclic) bond motifs is 18. The summed E-state index contributed by atoms with van der Waals surface area (Å²) in [5, 5.41) is 68.1. The average Bonchev–Trinajstić information content (AvgIpc) is 1.54. The molecule has 6 aromatic carbocycles. The number of carbonyl (C=O) groups is 5. The molecule has 12 aliphatic heterocycles. The number of ether oxygens (including phenoxy) is 12. The van der Waals surface area contributed by atoms with Gasteiger partial charge in [-0.15, -0.1) is 35.1 Å². The van der Waals surface area contributed by atoms with Crippen LogP contribution in [0.2, 0.25) is 0 Å². The molecular weight excluding hydrogens is 1510 g/mol.